The fraction of sp³-hybridized carbons (Fsp3) is 0.333. The Kier molecular flexibility index (Phi) is 5.33. The van der Waals surface area contributed by atoms with Crippen molar-refractivity contribution >= 4 is 17.0 Å². The molecule has 170 valence electrons. The van der Waals surface area contributed by atoms with Crippen molar-refractivity contribution in [1.82, 2.24) is 19.7 Å². The zero-order chi connectivity index (χ0) is 23.1. The second-order valence-electron chi connectivity index (χ2n) is 8.15. The van der Waals surface area contributed by atoms with Gasteiger partial charge in [0.25, 0.3) is 0 Å². The maximum Gasteiger partial charge on any atom is 0.354 e. The quantitative estimate of drug-likeness (QED) is 0.477. The smallest absolute Gasteiger partial charge is 0.354 e. The highest BCUT2D eigenvalue weighted by Crippen LogP contribution is 2.39. The number of aryl methyl sites for hydroxylation is 2. The summed E-state index contributed by atoms with van der Waals surface area (Å²) in [5.41, 5.74) is 4.97. The third-order valence-electron chi connectivity index (χ3n) is 6.14. The van der Waals surface area contributed by atoms with E-state index in [2.05, 4.69) is 27.0 Å². The fourth-order valence-corrected chi connectivity index (χ4v) is 4.54. The van der Waals surface area contributed by atoms with Crippen LogP contribution in [0, 0.1) is 13.8 Å². The van der Waals surface area contributed by atoms with Gasteiger partial charge in [-0.1, -0.05) is 5.16 Å². The second-order valence-corrected chi connectivity index (χ2v) is 8.15. The van der Waals surface area contributed by atoms with Crippen LogP contribution in [0.3, 0.4) is 0 Å². The first kappa shape index (κ1) is 21.1. The minimum atomic E-state index is -1.10. The monoisotopic (exact) mass is 448 g/mol. The van der Waals surface area contributed by atoms with Gasteiger partial charge in [0.2, 0.25) is 5.88 Å². The highest BCUT2D eigenvalue weighted by Gasteiger charge is 2.24. The van der Waals surface area contributed by atoms with Crippen molar-refractivity contribution in [3.8, 4) is 28.1 Å². The van der Waals surface area contributed by atoms with Crippen LogP contribution < -0.4 is 4.74 Å². The molecule has 1 aliphatic rings. The van der Waals surface area contributed by atoms with Gasteiger partial charge in [-0.3, -0.25) is 0 Å². The lowest BCUT2D eigenvalue weighted by Crippen LogP contribution is -2.19. The van der Waals surface area contributed by atoms with E-state index < -0.39 is 5.97 Å². The number of carboxylic acids is 1. The lowest BCUT2D eigenvalue weighted by molar-refractivity contribution is 0.0689. The predicted molar refractivity (Wildman–Crippen MR) is 121 cm³/mol. The minimum absolute atomic E-state index is 0.0710. The molecule has 0 spiro atoms. The molecule has 1 saturated heterocycles. The van der Waals surface area contributed by atoms with Gasteiger partial charge in [0.1, 0.15) is 11.4 Å². The molecule has 9 heteroatoms. The zero-order valence-corrected chi connectivity index (χ0v) is 18.7. The van der Waals surface area contributed by atoms with Crippen LogP contribution >= 0.6 is 0 Å². The molecule has 0 amide bonds. The second kappa shape index (κ2) is 8.32. The van der Waals surface area contributed by atoms with Crippen LogP contribution in [-0.4, -0.2) is 51.1 Å². The van der Waals surface area contributed by atoms with Crippen molar-refractivity contribution in [1.29, 1.82) is 0 Å². The number of pyridine rings is 2. The topological polar surface area (TPSA) is 112 Å². The van der Waals surface area contributed by atoms with E-state index in [1.807, 2.05) is 20.0 Å². The summed E-state index contributed by atoms with van der Waals surface area (Å²) in [7, 11) is 1.49. The van der Waals surface area contributed by atoms with Crippen LogP contribution in [0.2, 0.25) is 0 Å². The van der Waals surface area contributed by atoms with Crippen molar-refractivity contribution in [3.05, 3.63) is 47.7 Å². The molecule has 33 heavy (non-hydrogen) atoms. The summed E-state index contributed by atoms with van der Waals surface area (Å²) in [6, 6.07) is 5.55. The van der Waals surface area contributed by atoms with Crippen molar-refractivity contribution < 1.29 is 23.9 Å². The summed E-state index contributed by atoms with van der Waals surface area (Å²) in [5.74, 6) is -0.125. The molecule has 0 aliphatic carbocycles. The van der Waals surface area contributed by atoms with E-state index in [0.29, 0.717) is 18.8 Å². The number of fused-ring (bicyclic) bond motifs is 1. The molecule has 1 fully saturated rings. The molecule has 5 rings (SSSR count). The molecule has 4 aromatic heterocycles. The minimum Gasteiger partial charge on any atom is -0.481 e. The summed E-state index contributed by atoms with van der Waals surface area (Å²) in [4.78, 5) is 20.5. The molecule has 0 saturated carbocycles. The van der Waals surface area contributed by atoms with E-state index in [-0.39, 0.29) is 17.6 Å². The molecule has 4 aromatic rings. The van der Waals surface area contributed by atoms with E-state index >= 15 is 0 Å². The number of hydrogen-bond donors (Lipinski definition) is 1. The van der Waals surface area contributed by atoms with Gasteiger partial charge in [-0.15, -0.1) is 0 Å². The number of hydrogen-bond acceptors (Lipinski definition) is 7. The largest absolute Gasteiger partial charge is 0.481 e. The number of aromatic nitrogens is 4. The zero-order valence-electron chi connectivity index (χ0n) is 18.7. The lowest BCUT2D eigenvalue weighted by Gasteiger charge is -2.24. The molecule has 0 unspecified atom stereocenters. The summed E-state index contributed by atoms with van der Waals surface area (Å²) in [5, 5.41) is 14.3. The van der Waals surface area contributed by atoms with Crippen LogP contribution in [0.1, 0.15) is 40.8 Å². The maximum absolute atomic E-state index is 11.4. The van der Waals surface area contributed by atoms with E-state index in [0.717, 1.165) is 52.0 Å². The van der Waals surface area contributed by atoms with Gasteiger partial charge in [0, 0.05) is 59.3 Å². The first-order valence-electron chi connectivity index (χ1n) is 10.8. The Morgan fingerprint density at radius 3 is 2.67 bits per heavy atom. The molecule has 9 nitrogen and oxygen atoms in total. The average molecular weight is 448 g/mol. The Hall–Kier alpha value is -3.72. The average Bonchev–Trinajstić information content (AvgIpc) is 3.38. The number of ether oxygens (including phenoxy) is 2. The molecule has 0 aromatic carbocycles. The van der Waals surface area contributed by atoms with E-state index in [1.54, 1.807) is 6.07 Å². The Morgan fingerprint density at radius 2 is 2.00 bits per heavy atom. The lowest BCUT2D eigenvalue weighted by atomic mass is 10.0. The third kappa shape index (κ3) is 3.64. The summed E-state index contributed by atoms with van der Waals surface area (Å²) in [6.07, 6.45) is 5.69. The van der Waals surface area contributed by atoms with Crippen molar-refractivity contribution in [2.45, 2.75) is 32.7 Å². The number of carboxylic acid groups (broad SMARTS) is 1. The molecular formula is C24H24N4O5. The molecular weight excluding hydrogens is 424 g/mol. The van der Waals surface area contributed by atoms with Gasteiger partial charge in [-0.25, -0.2) is 14.8 Å². The number of carbonyl (C=O) groups is 1. The Morgan fingerprint density at radius 1 is 1.21 bits per heavy atom. The Balaban J connectivity index is 1.75. The van der Waals surface area contributed by atoms with Crippen LogP contribution in [0.15, 0.2) is 35.1 Å². The van der Waals surface area contributed by atoms with Gasteiger partial charge in [-0.2, -0.15) is 0 Å². The summed E-state index contributed by atoms with van der Waals surface area (Å²) in [6.45, 7) is 5.19. The normalized spacial score (nSPS) is 14.6. The van der Waals surface area contributed by atoms with E-state index in [4.69, 9.17) is 19.0 Å². The van der Waals surface area contributed by atoms with Crippen LogP contribution in [0.4, 0.5) is 0 Å². The first-order chi connectivity index (χ1) is 16.0. The molecule has 0 bridgehead atoms. The van der Waals surface area contributed by atoms with Crippen LogP contribution in [0.25, 0.3) is 33.3 Å². The molecule has 5 heterocycles. The summed E-state index contributed by atoms with van der Waals surface area (Å²) < 4.78 is 18.6. The number of aromatic carboxylic acids is 1. The van der Waals surface area contributed by atoms with Crippen molar-refractivity contribution in [3.63, 3.8) is 0 Å². The fourth-order valence-electron chi connectivity index (χ4n) is 4.54. The predicted octanol–water partition coefficient (Wildman–Crippen LogP) is 4.43. The number of rotatable bonds is 5. The van der Waals surface area contributed by atoms with Crippen molar-refractivity contribution in [2.75, 3.05) is 20.3 Å². The Bertz CT molecular complexity index is 1330. The van der Waals surface area contributed by atoms with Gasteiger partial charge < -0.3 is 23.7 Å². The standard InChI is InChI=1S/C24H24N4O5/c1-13-21(14(2)33-27-13)15-10-18-19(17-4-5-20(24(29)30)26-23(17)31-3)12-28(22(18)25-11-15)16-6-8-32-9-7-16/h4-5,10-12,16H,6-9H2,1-3H3,(H,29,30). The van der Waals surface area contributed by atoms with Crippen molar-refractivity contribution in [2.24, 2.45) is 0 Å². The highest BCUT2D eigenvalue weighted by molar-refractivity contribution is 5.98. The van der Waals surface area contributed by atoms with Crippen LogP contribution in [-0.2, 0) is 4.74 Å². The highest BCUT2D eigenvalue weighted by atomic mass is 16.5. The van der Waals surface area contributed by atoms with Gasteiger partial charge >= 0.3 is 5.97 Å². The molecule has 0 atom stereocenters. The Labute approximate surface area is 190 Å². The van der Waals surface area contributed by atoms with Gasteiger partial charge in [-0.05, 0) is 44.9 Å². The SMILES string of the molecule is COc1nc(C(=O)O)ccc1-c1cn(C2CCOCC2)c2ncc(-c3c(C)noc3C)cc12. The number of nitrogens with zero attached hydrogens (tertiary/aromatic N) is 4. The number of methoxy groups -OCH3 is 1. The van der Waals surface area contributed by atoms with Gasteiger partial charge in [0.05, 0.1) is 12.8 Å². The van der Waals surface area contributed by atoms with E-state index in [1.165, 1.54) is 13.2 Å². The van der Waals surface area contributed by atoms with Crippen LogP contribution in [0.5, 0.6) is 5.88 Å². The molecule has 1 N–H and O–H groups in total. The maximum atomic E-state index is 11.4. The van der Waals surface area contributed by atoms with Gasteiger partial charge in [0.15, 0.2) is 5.69 Å². The van der Waals surface area contributed by atoms with E-state index in [9.17, 15) is 9.90 Å². The third-order valence-corrected chi connectivity index (χ3v) is 6.14. The first-order valence-corrected chi connectivity index (χ1v) is 10.8. The molecule has 1 aliphatic heterocycles. The molecule has 0 radical (unpaired) electrons. The summed E-state index contributed by atoms with van der Waals surface area (Å²) >= 11 is 0.